The smallest absolute Gasteiger partial charge is 0.416 e. The summed E-state index contributed by atoms with van der Waals surface area (Å²) in [4.78, 5) is 15.9. The van der Waals surface area contributed by atoms with E-state index >= 15 is 0 Å². The lowest BCUT2D eigenvalue weighted by Crippen LogP contribution is -2.25. The number of carbonyl (C=O) groups excluding carboxylic acids is 1. The molecule has 1 amide bonds. The normalized spacial score (nSPS) is 11.3. The molecular weight excluding hydrogens is 349 g/mol. The highest BCUT2D eigenvalue weighted by molar-refractivity contribution is 5.94. The van der Waals surface area contributed by atoms with E-state index in [9.17, 15) is 18.0 Å². The van der Waals surface area contributed by atoms with E-state index in [4.69, 9.17) is 4.42 Å². The van der Waals surface area contributed by atoms with Crippen molar-refractivity contribution in [2.45, 2.75) is 12.6 Å². The Labute approximate surface area is 146 Å². The fourth-order valence-electron chi connectivity index (χ4n) is 2.16. The van der Waals surface area contributed by atoms with Gasteiger partial charge in [-0.05, 0) is 36.4 Å². The predicted octanol–water partition coefficient (Wildman–Crippen LogP) is 3.12. The highest BCUT2D eigenvalue weighted by Gasteiger charge is 2.30. The molecule has 6 nitrogen and oxygen atoms in total. The number of aromatic nitrogens is 3. The zero-order chi connectivity index (χ0) is 18.6. The number of nitrogens with one attached hydrogen (secondary N) is 1. The summed E-state index contributed by atoms with van der Waals surface area (Å²) in [6, 6.07) is 7.51. The molecule has 0 aliphatic carbocycles. The van der Waals surface area contributed by atoms with Crippen molar-refractivity contribution in [2.75, 3.05) is 6.54 Å². The summed E-state index contributed by atoms with van der Waals surface area (Å²) >= 11 is 0. The molecule has 0 unspecified atom stereocenters. The molecule has 0 bridgehead atoms. The first-order valence-corrected chi connectivity index (χ1v) is 7.62. The molecule has 3 rings (SSSR count). The van der Waals surface area contributed by atoms with Gasteiger partial charge in [-0.1, -0.05) is 0 Å². The van der Waals surface area contributed by atoms with Crippen molar-refractivity contribution in [1.82, 2.24) is 20.5 Å². The Balaban J connectivity index is 1.53. The molecule has 0 aliphatic rings. The monoisotopic (exact) mass is 362 g/mol. The summed E-state index contributed by atoms with van der Waals surface area (Å²) in [5.74, 6) is 0.171. The van der Waals surface area contributed by atoms with Crippen LogP contribution < -0.4 is 5.32 Å². The summed E-state index contributed by atoms with van der Waals surface area (Å²) in [7, 11) is 0. The van der Waals surface area contributed by atoms with Crippen molar-refractivity contribution in [3.63, 3.8) is 0 Å². The van der Waals surface area contributed by atoms with E-state index < -0.39 is 17.6 Å². The molecule has 9 heteroatoms. The van der Waals surface area contributed by atoms with Gasteiger partial charge in [0.2, 0.25) is 11.8 Å². The second kappa shape index (κ2) is 7.34. The van der Waals surface area contributed by atoms with Gasteiger partial charge in [-0.15, -0.1) is 10.2 Å². The number of hydrogen-bond donors (Lipinski definition) is 1. The van der Waals surface area contributed by atoms with Crippen LogP contribution in [0, 0.1) is 0 Å². The van der Waals surface area contributed by atoms with E-state index in [1.165, 1.54) is 0 Å². The lowest BCUT2D eigenvalue weighted by atomic mass is 10.1. The molecule has 0 atom stereocenters. The topological polar surface area (TPSA) is 80.9 Å². The van der Waals surface area contributed by atoms with E-state index in [1.54, 1.807) is 24.5 Å². The fraction of sp³-hybridized carbons (Fsp3) is 0.176. The van der Waals surface area contributed by atoms with Gasteiger partial charge in [-0.25, -0.2) is 0 Å². The van der Waals surface area contributed by atoms with Crippen molar-refractivity contribution < 1.29 is 22.4 Å². The highest BCUT2D eigenvalue weighted by atomic mass is 19.4. The van der Waals surface area contributed by atoms with Gasteiger partial charge in [0.25, 0.3) is 5.91 Å². The molecule has 2 heterocycles. The zero-order valence-corrected chi connectivity index (χ0v) is 13.3. The Morgan fingerprint density at radius 2 is 1.88 bits per heavy atom. The lowest BCUT2D eigenvalue weighted by molar-refractivity contribution is -0.137. The number of alkyl halides is 3. The third-order valence-corrected chi connectivity index (χ3v) is 3.47. The Morgan fingerprint density at radius 3 is 2.54 bits per heavy atom. The van der Waals surface area contributed by atoms with Gasteiger partial charge < -0.3 is 9.73 Å². The molecule has 1 aromatic carbocycles. The van der Waals surface area contributed by atoms with Gasteiger partial charge in [0.15, 0.2) is 0 Å². The van der Waals surface area contributed by atoms with Crippen LogP contribution in [0.1, 0.15) is 21.8 Å². The number of carbonyl (C=O) groups is 1. The molecule has 0 aliphatic heterocycles. The number of amides is 1. The number of halogens is 3. The maximum absolute atomic E-state index is 12.5. The van der Waals surface area contributed by atoms with Crippen molar-refractivity contribution in [1.29, 1.82) is 0 Å². The molecule has 0 saturated carbocycles. The van der Waals surface area contributed by atoms with Crippen molar-refractivity contribution in [3.05, 3.63) is 65.8 Å². The molecule has 134 valence electrons. The number of pyridine rings is 1. The van der Waals surface area contributed by atoms with Crippen molar-refractivity contribution in [3.8, 4) is 11.5 Å². The number of benzene rings is 1. The van der Waals surface area contributed by atoms with Crippen LogP contribution in [0.25, 0.3) is 11.5 Å². The number of nitrogens with zero attached hydrogens (tertiary/aromatic N) is 3. The highest BCUT2D eigenvalue weighted by Crippen LogP contribution is 2.29. The van der Waals surface area contributed by atoms with Crippen LogP contribution in [0.3, 0.4) is 0 Å². The molecule has 0 saturated heterocycles. The number of rotatable bonds is 5. The Hall–Kier alpha value is -3.23. The van der Waals surface area contributed by atoms with Crippen LogP contribution in [0.2, 0.25) is 0 Å². The molecule has 26 heavy (non-hydrogen) atoms. The Bertz CT molecular complexity index is 877. The zero-order valence-electron chi connectivity index (χ0n) is 13.3. The van der Waals surface area contributed by atoms with Gasteiger partial charge in [0.05, 0.1) is 11.1 Å². The van der Waals surface area contributed by atoms with E-state index in [2.05, 4.69) is 20.5 Å². The van der Waals surface area contributed by atoms with Gasteiger partial charge in [0, 0.05) is 30.9 Å². The standard InChI is InChI=1S/C17H13F3N4O2/c18-17(19,20)13-5-3-11(4-6-13)15(25)22-9-7-14-23-24-16(26-14)12-2-1-8-21-10-12/h1-6,8,10H,7,9H2,(H,22,25). The van der Waals surface area contributed by atoms with Crippen LogP contribution >= 0.6 is 0 Å². The van der Waals surface area contributed by atoms with Crippen LogP contribution in [-0.4, -0.2) is 27.6 Å². The third-order valence-electron chi connectivity index (χ3n) is 3.47. The van der Waals surface area contributed by atoms with E-state index in [0.717, 1.165) is 24.3 Å². The lowest BCUT2D eigenvalue weighted by Gasteiger charge is -2.07. The minimum atomic E-state index is -4.43. The summed E-state index contributed by atoms with van der Waals surface area (Å²) in [5.41, 5.74) is 0.0162. The fourth-order valence-corrected chi connectivity index (χ4v) is 2.16. The quantitative estimate of drug-likeness (QED) is 0.754. The minimum Gasteiger partial charge on any atom is -0.421 e. The average Bonchev–Trinajstić information content (AvgIpc) is 3.11. The van der Waals surface area contributed by atoms with E-state index in [0.29, 0.717) is 23.8 Å². The predicted molar refractivity (Wildman–Crippen MR) is 85.0 cm³/mol. The largest absolute Gasteiger partial charge is 0.421 e. The van der Waals surface area contributed by atoms with Gasteiger partial charge in [0.1, 0.15) is 0 Å². The first kappa shape index (κ1) is 17.6. The molecule has 1 N–H and O–H groups in total. The van der Waals surface area contributed by atoms with Crippen molar-refractivity contribution >= 4 is 5.91 Å². The summed E-state index contributed by atoms with van der Waals surface area (Å²) in [5, 5.41) is 10.4. The molecule has 0 spiro atoms. The van der Waals surface area contributed by atoms with Crippen LogP contribution in [0.5, 0.6) is 0 Å². The molecule has 3 aromatic rings. The second-order valence-corrected chi connectivity index (χ2v) is 5.32. The second-order valence-electron chi connectivity index (χ2n) is 5.32. The molecular formula is C17H13F3N4O2. The van der Waals surface area contributed by atoms with E-state index in [1.807, 2.05) is 0 Å². The van der Waals surface area contributed by atoms with Crippen LogP contribution in [-0.2, 0) is 12.6 Å². The van der Waals surface area contributed by atoms with Gasteiger partial charge >= 0.3 is 6.18 Å². The van der Waals surface area contributed by atoms with Gasteiger partial charge in [-0.2, -0.15) is 13.2 Å². The number of hydrogen-bond acceptors (Lipinski definition) is 5. The van der Waals surface area contributed by atoms with Crippen molar-refractivity contribution in [2.24, 2.45) is 0 Å². The Morgan fingerprint density at radius 1 is 1.12 bits per heavy atom. The van der Waals surface area contributed by atoms with Gasteiger partial charge in [-0.3, -0.25) is 9.78 Å². The third kappa shape index (κ3) is 4.24. The summed E-state index contributed by atoms with van der Waals surface area (Å²) in [6.07, 6.45) is -0.931. The Kier molecular flexibility index (Phi) is 4.97. The average molecular weight is 362 g/mol. The van der Waals surface area contributed by atoms with Crippen LogP contribution in [0.4, 0.5) is 13.2 Å². The maximum atomic E-state index is 12.5. The van der Waals surface area contributed by atoms with Crippen LogP contribution in [0.15, 0.2) is 53.2 Å². The molecule has 0 fully saturated rings. The summed E-state index contributed by atoms with van der Waals surface area (Å²) < 4.78 is 43.0. The van der Waals surface area contributed by atoms with E-state index in [-0.39, 0.29) is 12.1 Å². The molecule has 0 radical (unpaired) electrons. The first-order chi connectivity index (χ1) is 12.4. The molecule has 2 aromatic heterocycles. The first-order valence-electron chi connectivity index (χ1n) is 7.62. The SMILES string of the molecule is O=C(NCCc1nnc(-c2cccnc2)o1)c1ccc(C(F)(F)F)cc1. The minimum absolute atomic E-state index is 0.138. The summed E-state index contributed by atoms with van der Waals surface area (Å²) in [6.45, 7) is 0.203. The maximum Gasteiger partial charge on any atom is 0.416 e.